The molecule has 1 saturated heterocycles. The molecule has 5 nitrogen and oxygen atoms in total. The van der Waals surface area contributed by atoms with Crippen molar-refractivity contribution in [2.24, 2.45) is 0 Å². The molecule has 1 heterocycles. The SMILES string of the molecule is CC(C)(C)OC(=O)N1[C@H]([C@@](C)(O)C(F)(F)F)COC1(C)C. The number of aliphatic hydroxyl groups is 1. The second kappa shape index (κ2) is 5.01. The first-order valence-electron chi connectivity index (χ1n) is 6.55. The second-order valence-electron chi connectivity index (χ2n) is 6.77. The molecule has 0 aromatic rings. The molecule has 1 N–H and O–H groups in total. The number of alkyl halides is 3. The number of amides is 1. The van der Waals surface area contributed by atoms with Crippen molar-refractivity contribution in [3.63, 3.8) is 0 Å². The molecule has 8 heteroatoms. The zero-order valence-electron chi connectivity index (χ0n) is 13.0. The van der Waals surface area contributed by atoms with E-state index in [4.69, 9.17) is 9.47 Å². The van der Waals surface area contributed by atoms with E-state index in [2.05, 4.69) is 0 Å². The van der Waals surface area contributed by atoms with Gasteiger partial charge in [-0.15, -0.1) is 0 Å². The Hall–Kier alpha value is -1.02. The Balaban J connectivity index is 3.14. The summed E-state index contributed by atoms with van der Waals surface area (Å²) in [5, 5.41) is 9.85. The number of carbonyl (C=O) groups excluding carboxylic acids is 1. The van der Waals surface area contributed by atoms with Crippen LogP contribution in [0.25, 0.3) is 0 Å². The van der Waals surface area contributed by atoms with E-state index >= 15 is 0 Å². The van der Waals surface area contributed by atoms with Gasteiger partial charge >= 0.3 is 12.3 Å². The van der Waals surface area contributed by atoms with Crippen LogP contribution in [0.1, 0.15) is 41.5 Å². The van der Waals surface area contributed by atoms with E-state index in [9.17, 15) is 23.1 Å². The highest BCUT2D eigenvalue weighted by Crippen LogP contribution is 2.41. The maximum atomic E-state index is 13.0. The van der Waals surface area contributed by atoms with Crippen molar-refractivity contribution < 1.29 is 32.5 Å². The van der Waals surface area contributed by atoms with Gasteiger partial charge in [0.1, 0.15) is 11.3 Å². The highest BCUT2D eigenvalue weighted by atomic mass is 19.4. The van der Waals surface area contributed by atoms with Crippen molar-refractivity contribution in [2.45, 2.75) is 70.7 Å². The number of nitrogens with zero attached hydrogens (tertiary/aromatic N) is 1. The van der Waals surface area contributed by atoms with E-state index in [-0.39, 0.29) is 0 Å². The summed E-state index contributed by atoms with van der Waals surface area (Å²) in [6.45, 7) is 7.90. The van der Waals surface area contributed by atoms with Crippen molar-refractivity contribution in [3.8, 4) is 0 Å². The minimum Gasteiger partial charge on any atom is -0.444 e. The molecular formula is C13H22F3NO4. The summed E-state index contributed by atoms with van der Waals surface area (Å²) in [6.07, 6.45) is -5.86. The zero-order chi connectivity index (χ0) is 16.9. The molecule has 21 heavy (non-hydrogen) atoms. The molecule has 1 fully saturated rings. The number of rotatable bonds is 1. The lowest BCUT2D eigenvalue weighted by Crippen LogP contribution is -2.62. The largest absolute Gasteiger partial charge is 0.444 e. The lowest BCUT2D eigenvalue weighted by molar-refractivity contribution is -0.269. The Morgan fingerprint density at radius 1 is 1.29 bits per heavy atom. The van der Waals surface area contributed by atoms with Crippen LogP contribution in [0, 0.1) is 0 Å². The van der Waals surface area contributed by atoms with E-state index in [0.717, 1.165) is 4.90 Å². The Morgan fingerprint density at radius 2 is 1.76 bits per heavy atom. The Kier molecular flexibility index (Phi) is 4.31. The van der Waals surface area contributed by atoms with E-state index in [1.165, 1.54) is 13.8 Å². The van der Waals surface area contributed by atoms with E-state index in [0.29, 0.717) is 6.92 Å². The standard InChI is InChI=1S/C13H22F3NO4/c1-10(2,3)21-9(18)17-8(7-20-11(17,4)5)12(6,19)13(14,15)16/h8,19H,7H2,1-6H3/t8-,12+/m0/s1. The second-order valence-corrected chi connectivity index (χ2v) is 6.77. The molecule has 0 radical (unpaired) electrons. The molecule has 0 aliphatic carbocycles. The van der Waals surface area contributed by atoms with Crippen molar-refractivity contribution in [1.82, 2.24) is 4.90 Å². The topological polar surface area (TPSA) is 59.0 Å². The molecule has 1 rings (SSSR count). The molecule has 0 unspecified atom stereocenters. The van der Waals surface area contributed by atoms with Gasteiger partial charge in [0, 0.05) is 0 Å². The van der Waals surface area contributed by atoms with Gasteiger partial charge in [0.2, 0.25) is 0 Å². The van der Waals surface area contributed by atoms with Gasteiger partial charge in [-0.1, -0.05) is 0 Å². The van der Waals surface area contributed by atoms with Gasteiger partial charge in [0.15, 0.2) is 5.60 Å². The summed E-state index contributed by atoms with van der Waals surface area (Å²) in [5.41, 5.74) is -5.27. The van der Waals surface area contributed by atoms with Crippen LogP contribution in [0.15, 0.2) is 0 Å². The van der Waals surface area contributed by atoms with Crippen LogP contribution in [-0.4, -0.2) is 51.9 Å². The molecule has 1 amide bonds. The van der Waals surface area contributed by atoms with E-state index in [1.54, 1.807) is 20.8 Å². The number of hydrogen-bond acceptors (Lipinski definition) is 4. The van der Waals surface area contributed by atoms with Crippen molar-refractivity contribution in [2.75, 3.05) is 6.61 Å². The van der Waals surface area contributed by atoms with Gasteiger partial charge in [-0.3, -0.25) is 4.90 Å². The molecule has 0 saturated carbocycles. The highest BCUT2D eigenvalue weighted by Gasteiger charge is 2.62. The highest BCUT2D eigenvalue weighted by molar-refractivity contribution is 5.70. The van der Waals surface area contributed by atoms with Gasteiger partial charge in [-0.05, 0) is 41.5 Å². The van der Waals surface area contributed by atoms with Crippen LogP contribution in [-0.2, 0) is 9.47 Å². The van der Waals surface area contributed by atoms with Gasteiger partial charge in [0.25, 0.3) is 0 Å². The Morgan fingerprint density at radius 3 is 2.14 bits per heavy atom. The third-order valence-corrected chi connectivity index (χ3v) is 3.30. The van der Waals surface area contributed by atoms with Crippen LogP contribution in [0.3, 0.4) is 0 Å². The predicted molar refractivity (Wildman–Crippen MR) is 68.6 cm³/mol. The van der Waals surface area contributed by atoms with Crippen LogP contribution in [0.2, 0.25) is 0 Å². The monoisotopic (exact) mass is 313 g/mol. The molecule has 0 spiro atoms. The number of halogens is 3. The summed E-state index contributed by atoms with van der Waals surface area (Å²) in [7, 11) is 0. The average Bonchev–Trinajstić information content (AvgIpc) is 2.49. The summed E-state index contributed by atoms with van der Waals surface area (Å²) in [5.74, 6) is 0. The fourth-order valence-corrected chi connectivity index (χ4v) is 2.06. The summed E-state index contributed by atoms with van der Waals surface area (Å²) in [4.78, 5) is 13.0. The fourth-order valence-electron chi connectivity index (χ4n) is 2.06. The minimum atomic E-state index is -4.90. The lowest BCUT2D eigenvalue weighted by atomic mass is 9.95. The first-order valence-corrected chi connectivity index (χ1v) is 6.55. The zero-order valence-corrected chi connectivity index (χ0v) is 13.0. The Labute approximate surface area is 122 Å². The number of carbonyl (C=O) groups is 1. The number of hydrogen-bond donors (Lipinski definition) is 1. The fraction of sp³-hybridized carbons (Fsp3) is 0.923. The smallest absolute Gasteiger partial charge is 0.419 e. The van der Waals surface area contributed by atoms with Crippen LogP contribution < -0.4 is 0 Å². The summed E-state index contributed by atoms with van der Waals surface area (Å²) < 4.78 is 49.5. The third-order valence-electron chi connectivity index (χ3n) is 3.30. The molecule has 0 aromatic carbocycles. The average molecular weight is 313 g/mol. The lowest BCUT2D eigenvalue weighted by Gasteiger charge is -2.40. The van der Waals surface area contributed by atoms with Gasteiger partial charge in [0.05, 0.1) is 12.6 Å². The minimum absolute atomic E-state index is 0.432. The quantitative estimate of drug-likeness (QED) is 0.808. The normalized spacial score (nSPS) is 25.6. The number of ether oxygens (including phenoxy) is 2. The molecule has 2 atom stereocenters. The molecule has 1 aliphatic rings. The summed E-state index contributed by atoms with van der Waals surface area (Å²) in [6, 6.07) is -1.58. The predicted octanol–water partition coefficient (Wildman–Crippen LogP) is 2.67. The molecule has 0 bridgehead atoms. The molecule has 124 valence electrons. The van der Waals surface area contributed by atoms with Crippen LogP contribution >= 0.6 is 0 Å². The van der Waals surface area contributed by atoms with Crippen molar-refractivity contribution >= 4 is 6.09 Å². The van der Waals surface area contributed by atoms with E-state index in [1.807, 2.05) is 0 Å². The van der Waals surface area contributed by atoms with Crippen molar-refractivity contribution in [1.29, 1.82) is 0 Å². The van der Waals surface area contributed by atoms with Gasteiger partial charge in [-0.2, -0.15) is 13.2 Å². The molecule has 0 aromatic heterocycles. The van der Waals surface area contributed by atoms with Gasteiger partial charge < -0.3 is 14.6 Å². The molecular weight excluding hydrogens is 291 g/mol. The molecule has 1 aliphatic heterocycles. The maximum Gasteiger partial charge on any atom is 0.419 e. The Bertz CT molecular complexity index is 413. The maximum absolute atomic E-state index is 13.0. The first-order chi connectivity index (χ1) is 9.09. The van der Waals surface area contributed by atoms with Crippen LogP contribution in [0.5, 0.6) is 0 Å². The third kappa shape index (κ3) is 3.60. The van der Waals surface area contributed by atoms with Gasteiger partial charge in [-0.25, -0.2) is 4.79 Å². The van der Waals surface area contributed by atoms with E-state index < -0.39 is 41.8 Å². The summed E-state index contributed by atoms with van der Waals surface area (Å²) >= 11 is 0. The van der Waals surface area contributed by atoms with Crippen molar-refractivity contribution in [3.05, 3.63) is 0 Å². The van der Waals surface area contributed by atoms with Crippen LogP contribution in [0.4, 0.5) is 18.0 Å². The first kappa shape index (κ1) is 18.0.